The molecule has 1 aliphatic rings. The van der Waals surface area contributed by atoms with Crippen LogP contribution in [0.25, 0.3) is 0 Å². The quantitative estimate of drug-likeness (QED) is 0.563. The highest BCUT2D eigenvalue weighted by molar-refractivity contribution is 6.40. The van der Waals surface area contributed by atoms with Crippen molar-refractivity contribution in [2.24, 2.45) is 0 Å². The van der Waals surface area contributed by atoms with Crippen LogP contribution in [0.4, 0.5) is 11.4 Å². The number of carbonyl (C=O) groups is 2. The molecule has 0 spiro atoms. The Labute approximate surface area is 176 Å². The van der Waals surface area contributed by atoms with Crippen LogP contribution in [0.2, 0.25) is 5.02 Å². The van der Waals surface area contributed by atoms with Gasteiger partial charge in [0.05, 0.1) is 0 Å². The summed E-state index contributed by atoms with van der Waals surface area (Å²) in [6, 6.07) is 15.6. The van der Waals surface area contributed by atoms with E-state index in [0.29, 0.717) is 17.3 Å². The van der Waals surface area contributed by atoms with E-state index in [1.807, 2.05) is 13.0 Å². The smallest absolute Gasteiger partial charge is 0.313 e. The molecule has 1 saturated heterocycles. The highest BCUT2D eigenvalue weighted by Gasteiger charge is 2.17. The maximum absolute atomic E-state index is 12.1. The Morgan fingerprint density at radius 2 is 1.72 bits per heavy atom. The zero-order valence-electron chi connectivity index (χ0n) is 16.7. The van der Waals surface area contributed by atoms with Crippen LogP contribution in [0, 0.1) is 6.92 Å². The van der Waals surface area contributed by atoms with E-state index in [1.54, 1.807) is 18.2 Å². The van der Waals surface area contributed by atoms with Gasteiger partial charge in [0.15, 0.2) is 0 Å². The van der Waals surface area contributed by atoms with Crippen molar-refractivity contribution in [1.29, 1.82) is 0 Å². The van der Waals surface area contributed by atoms with Crippen LogP contribution >= 0.6 is 11.6 Å². The van der Waals surface area contributed by atoms with Crippen LogP contribution in [0.3, 0.4) is 0 Å². The lowest BCUT2D eigenvalue weighted by Gasteiger charge is -2.36. The van der Waals surface area contributed by atoms with Crippen molar-refractivity contribution in [3.8, 4) is 0 Å². The minimum atomic E-state index is -0.674. The molecule has 1 aliphatic heterocycles. The van der Waals surface area contributed by atoms with Crippen molar-refractivity contribution in [2.75, 3.05) is 49.5 Å². The predicted molar refractivity (Wildman–Crippen MR) is 118 cm³/mol. The second-order valence-corrected chi connectivity index (χ2v) is 7.62. The zero-order chi connectivity index (χ0) is 20.6. The number of nitrogens with one attached hydrogen (secondary N) is 2. The summed E-state index contributed by atoms with van der Waals surface area (Å²) in [5.41, 5.74) is 2.67. The van der Waals surface area contributed by atoms with Gasteiger partial charge in [0.1, 0.15) is 0 Å². The number of benzene rings is 2. The molecule has 0 saturated carbocycles. The molecule has 0 aromatic heterocycles. The van der Waals surface area contributed by atoms with Gasteiger partial charge in [-0.15, -0.1) is 0 Å². The average Bonchev–Trinajstić information content (AvgIpc) is 2.74. The van der Waals surface area contributed by atoms with E-state index in [9.17, 15) is 9.59 Å². The van der Waals surface area contributed by atoms with Crippen LogP contribution in [-0.2, 0) is 9.59 Å². The van der Waals surface area contributed by atoms with Crippen LogP contribution in [0.5, 0.6) is 0 Å². The molecular weight excluding hydrogens is 388 g/mol. The molecule has 2 N–H and O–H groups in total. The highest BCUT2D eigenvalue weighted by Crippen LogP contribution is 2.20. The molecule has 0 bridgehead atoms. The number of halogens is 1. The summed E-state index contributed by atoms with van der Waals surface area (Å²) in [6.07, 6.45) is 0.806. The van der Waals surface area contributed by atoms with E-state index >= 15 is 0 Å². The van der Waals surface area contributed by atoms with Gasteiger partial charge >= 0.3 is 11.8 Å². The van der Waals surface area contributed by atoms with Gasteiger partial charge in [0.2, 0.25) is 0 Å². The fourth-order valence-electron chi connectivity index (χ4n) is 3.36. The van der Waals surface area contributed by atoms with Crippen LogP contribution in [0.15, 0.2) is 48.5 Å². The molecule has 2 amide bonds. The standard InChI is InChI=1S/C22H27ClN4O2/c1-17-8-9-18(23)16-20(17)25-22(29)21(28)24-10-5-11-26-12-14-27(15-13-26)19-6-3-2-4-7-19/h2-4,6-9,16H,5,10-15H2,1H3,(H,24,28)(H,25,29). The molecule has 0 atom stereocenters. The SMILES string of the molecule is Cc1ccc(Cl)cc1NC(=O)C(=O)NCCCN1CCN(c2ccccc2)CC1. The summed E-state index contributed by atoms with van der Waals surface area (Å²) < 4.78 is 0. The number of amides is 2. The second-order valence-electron chi connectivity index (χ2n) is 7.19. The summed E-state index contributed by atoms with van der Waals surface area (Å²) in [5.74, 6) is -1.30. The first-order chi connectivity index (χ1) is 14.0. The third kappa shape index (κ3) is 6.21. The Bertz CT molecular complexity index is 836. The van der Waals surface area contributed by atoms with Crippen molar-refractivity contribution >= 4 is 34.8 Å². The van der Waals surface area contributed by atoms with Gasteiger partial charge in [-0.1, -0.05) is 35.9 Å². The summed E-state index contributed by atoms with van der Waals surface area (Å²) >= 11 is 5.94. The molecule has 1 fully saturated rings. The average molecular weight is 415 g/mol. The summed E-state index contributed by atoms with van der Waals surface area (Å²) in [6.45, 7) is 7.21. The lowest BCUT2D eigenvalue weighted by atomic mass is 10.2. The van der Waals surface area contributed by atoms with Crippen molar-refractivity contribution in [3.63, 3.8) is 0 Å². The molecule has 1 heterocycles. The van der Waals surface area contributed by atoms with Crippen molar-refractivity contribution in [2.45, 2.75) is 13.3 Å². The van der Waals surface area contributed by atoms with E-state index in [4.69, 9.17) is 11.6 Å². The molecule has 29 heavy (non-hydrogen) atoms. The Morgan fingerprint density at radius 3 is 2.45 bits per heavy atom. The topological polar surface area (TPSA) is 64.7 Å². The van der Waals surface area contributed by atoms with Gasteiger partial charge in [0, 0.05) is 49.1 Å². The molecule has 6 nitrogen and oxygen atoms in total. The monoisotopic (exact) mass is 414 g/mol. The van der Waals surface area contributed by atoms with E-state index in [2.05, 4.69) is 44.7 Å². The van der Waals surface area contributed by atoms with Crippen molar-refractivity contribution < 1.29 is 9.59 Å². The van der Waals surface area contributed by atoms with Crippen molar-refractivity contribution in [3.05, 3.63) is 59.1 Å². The maximum Gasteiger partial charge on any atom is 0.313 e. The number of piperazine rings is 1. The molecule has 0 aliphatic carbocycles. The lowest BCUT2D eigenvalue weighted by Crippen LogP contribution is -2.47. The second kappa shape index (κ2) is 10.3. The first-order valence-electron chi connectivity index (χ1n) is 9.90. The Hall–Kier alpha value is -2.57. The Balaban J connectivity index is 1.33. The number of carbonyl (C=O) groups excluding carboxylic acids is 2. The normalized spacial score (nSPS) is 14.5. The first-order valence-corrected chi connectivity index (χ1v) is 10.3. The molecule has 0 radical (unpaired) electrons. The minimum absolute atomic E-state index is 0.472. The number of aryl methyl sites for hydroxylation is 1. The Kier molecular flexibility index (Phi) is 7.49. The van der Waals surface area contributed by atoms with Gasteiger partial charge in [-0.05, 0) is 49.7 Å². The van der Waals surface area contributed by atoms with E-state index < -0.39 is 11.8 Å². The largest absolute Gasteiger partial charge is 0.369 e. The van der Waals surface area contributed by atoms with Crippen LogP contribution < -0.4 is 15.5 Å². The number of hydrogen-bond acceptors (Lipinski definition) is 4. The maximum atomic E-state index is 12.1. The zero-order valence-corrected chi connectivity index (χ0v) is 17.4. The third-order valence-electron chi connectivity index (χ3n) is 5.08. The summed E-state index contributed by atoms with van der Waals surface area (Å²) in [4.78, 5) is 28.9. The number of hydrogen-bond donors (Lipinski definition) is 2. The molecule has 3 rings (SSSR count). The van der Waals surface area contributed by atoms with Gasteiger partial charge < -0.3 is 15.5 Å². The summed E-state index contributed by atoms with van der Waals surface area (Å²) in [5, 5.41) is 5.81. The van der Waals surface area contributed by atoms with Crippen LogP contribution in [-0.4, -0.2) is 56.0 Å². The predicted octanol–water partition coefficient (Wildman–Crippen LogP) is 2.92. The molecule has 7 heteroatoms. The van der Waals surface area contributed by atoms with Gasteiger partial charge in [-0.2, -0.15) is 0 Å². The van der Waals surface area contributed by atoms with E-state index in [1.165, 1.54) is 5.69 Å². The van der Waals surface area contributed by atoms with E-state index in [0.717, 1.165) is 44.7 Å². The fraction of sp³-hybridized carbons (Fsp3) is 0.364. The lowest BCUT2D eigenvalue weighted by molar-refractivity contribution is -0.136. The molecule has 2 aromatic carbocycles. The fourth-order valence-corrected chi connectivity index (χ4v) is 3.53. The number of nitrogens with zero attached hydrogens (tertiary/aromatic N) is 2. The highest BCUT2D eigenvalue weighted by atomic mass is 35.5. The third-order valence-corrected chi connectivity index (χ3v) is 5.32. The molecule has 2 aromatic rings. The van der Waals surface area contributed by atoms with Gasteiger partial charge in [-0.25, -0.2) is 0 Å². The van der Waals surface area contributed by atoms with Gasteiger partial charge in [-0.3, -0.25) is 14.5 Å². The first kappa shape index (κ1) is 21.1. The van der Waals surface area contributed by atoms with Gasteiger partial charge in [0.25, 0.3) is 0 Å². The van der Waals surface area contributed by atoms with Crippen LogP contribution in [0.1, 0.15) is 12.0 Å². The number of para-hydroxylation sites is 1. The number of rotatable bonds is 6. The molecule has 154 valence electrons. The van der Waals surface area contributed by atoms with Crippen molar-refractivity contribution in [1.82, 2.24) is 10.2 Å². The molecular formula is C22H27ClN4O2. The number of anilines is 2. The molecule has 0 unspecified atom stereocenters. The Morgan fingerprint density at radius 1 is 1.00 bits per heavy atom. The summed E-state index contributed by atoms with van der Waals surface area (Å²) in [7, 11) is 0. The van der Waals surface area contributed by atoms with E-state index in [-0.39, 0.29) is 0 Å². The minimum Gasteiger partial charge on any atom is -0.369 e.